The van der Waals surface area contributed by atoms with Crippen LogP contribution < -0.4 is 14.8 Å². The molecule has 1 atom stereocenters. The lowest BCUT2D eigenvalue weighted by atomic mass is 9.95. The SMILES string of the molecule is COc1ccc(OC)c([C@@H]2NC(=O)C(=O)C2=C(O)c2ccc(C)cc2)c1. The van der Waals surface area contributed by atoms with Gasteiger partial charge in [-0.25, -0.2) is 0 Å². The topological polar surface area (TPSA) is 84.9 Å². The van der Waals surface area contributed by atoms with Crippen LogP contribution in [0.4, 0.5) is 0 Å². The monoisotopic (exact) mass is 353 g/mol. The smallest absolute Gasteiger partial charge is 0.293 e. The number of hydrogen-bond acceptors (Lipinski definition) is 5. The molecule has 134 valence electrons. The normalized spacial score (nSPS) is 18.5. The highest BCUT2D eigenvalue weighted by Crippen LogP contribution is 2.38. The van der Waals surface area contributed by atoms with Crippen LogP contribution in [0.2, 0.25) is 0 Å². The maximum atomic E-state index is 12.4. The number of ketones is 1. The maximum Gasteiger partial charge on any atom is 0.293 e. The lowest BCUT2D eigenvalue weighted by molar-refractivity contribution is -0.133. The van der Waals surface area contributed by atoms with Gasteiger partial charge in [0.1, 0.15) is 17.3 Å². The van der Waals surface area contributed by atoms with Gasteiger partial charge in [0.25, 0.3) is 11.7 Å². The summed E-state index contributed by atoms with van der Waals surface area (Å²) in [5.41, 5.74) is 2.00. The third-order valence-electron chi connectivity index (χ3n) is 4.34. The lowest BCUT2D eigenvalue weighted by Gasteiger charge is -2.18. The number of rotatable bonds is 4. The molecule has 0 aliphatic carbocycles. The number of nitrogens with one attached hydrogen (secondary N) is 1. The predicted molar refractivity (Wildman–Crippen MR) is 96.2 cm³/mol. The second-order valence-corrected chi connectivity index (χ2v) is 5.97. The van der Waals surface area contributed by atoms with E-state index in [4.69, 9.17) is 9.47 Å². The van der Waals surface area contributed by atoms with Crippen LogP contribution in [0.3, 0.4) is 0 Å². The van der Waals surface area contributed by atoms with E-state index in [1.54, 1.807) is 30.3 Å². The Hall–Kier alpha value is -3.28. The van der Waals surface area contributed by atoms with E-state index in [0.29, 0.717) is 22.6 Å². The van der Waals surface area contributed by atoms with Crippen molar-refractivity contribution in [1.82, 2.24) is 5.32 Å². The van der Waals surface area contributed by atoms with Crippen LogP contribution in [0, 0.1) is 6.92 Å². The zero-order chi connectivity index (χ0) is 18.8. The number of amides is 1. The van der Waals surface area contributed by atoms with Crippen LogP contribution in [-0.4, -0.2) is 31.0 Å². The minimum absolute atomic E-state index is 0.00888. The summed E-state index contributed by atoms with van der Waals surface area (Å²) in [6, 6.07) is 11.3. The molecule has 0 bridgehead atoms. The molecule has 1 aliphatic rings. The third-order valence-corrected chi connectivity index (χ3v) is 4.34. The highest BCUT2D eigenvalue weighted by molar-refractivity contribution is 6.46. The fourth-order valence-corrected chi connectivity index (χ4v) is 2.93. The van der Waals surface area contributed by atoms with Gasteiger partial charge in [-0.2, -0.15) is 0 Å². The Morgan fingerprint density at radius 1 is 1.04 bits per heavy atom. The van der Waals surface area contributed by atoms with E-state index in [9.17, 15) is 14.7 Å². The van der Waals surface area contributed by atoms with Crippen molar-refractivity contribution in [2.45, 2.75) is 13.0 Å². The van der Waals surface area contributed by atoms with Gasteiger partial charge in [0.05, 0.1) is 25.8 Å². The summed E-state index contributed by atoms with van der Waals surface area (Å²) in [6.45, 7) is 1.92. The number of ether oxygens (including phenoxy) is 2. The predicted octanol–water partition coefficient (Wildman–Crippen LogP) is 2.72. The molecule has 3 rings (SSSR count). The van der Waals surface area contributed by atoms with E-state index in [2.05, 4.69) is 5.32 Å². The number of carbonyl (C=O) groups is 2. The summed E-state index contributed by atoms with van der Waals surface area (Å²) in [7, 11) is 3.01. The van der Waals surface area contributed by atoms with Gasteiger partial charge in [-0.3, -0.25) is 9.59 Å². The van der Waals surface area contributed by atoms with Gasteiger partial charge in [-0.05, 0) is 25.1 Å². The van der Waals surface area contributed by atoms with E-state index in [-0.39, 0.29) is 11.3 Å². The fourth-order valence-electron chi connectivity index (χ4n) is 2.93. The first-order valence-corrected chi connectivity index (χ1v) is 8.03. The molecular formula is C20H19NO5. The Morgan fingerprint density at radius 3 is 2.35 bits per heavy atom. The van der Waals surface area contributed by atoms with Crippen molar-refractivity contribution in [1.29, 1.82) is 0 Å². The van der Waals surface area contributed by atoms with Crippen LogP contribution in [0.1, 0.15) is 22.7 Å². The second kappa shape index (κ2) is 6.92. The van der Waals surface area contributed by atoms with E-state index < -0.39 is 17.7 Å². The molecule has 1 heterocycles. The molecule has 0 unspecified atom stereocenters. The zero-order valence-electron chi connectivity index (χ0n) is 14.7. The van der Waals surface area contributed by atoms with Crippen molar-refractivity contribution in [3.63, 3.8) is 0 Å². The summed E-state index contributed by atoms with van der Waals surface area (Å²) >= 11 is 0. The molecule has 6 heteroatoms. The van der Waals surface area contributed by atoms with Crippen molar-refractivity contribution in [3.05, 3.63) is 64.7 Å². The molecule has 0 radical (unpaired) electrons. The molecule has 2 aromatic carbocycles. The highest BCUT2D eigenvalue weighted by atomic mass is 16.5. The number of benzene rings is 2. The van der Waals surface area contributed by atoms with Gasteiger partial charge in [-0.15, -0.1) is 0 Å². The number of Topliss-reactive ketones (excluding diaryl/α,β-unsaturated/α-hetero) is 1. The molecule has 0 aromatic heterocycles. The summed E-state index contributed by atoms with van der Waals surface area (Å²) in [5.74, 6) is -0.752. The van der Waals surface area contributed by atoms with Crippen molar-refractivity contribution in [2.75, 3.05) is 14.2 Å². The Bertz CT molecular complexity index is 899. The molecule has 26 heavy (non-hydrogen) atoms. The molecule has 2 N–H and O–H groups in total. The number of aliphatic hydroxyl groups excluding tert-OH is 1. The molecule has 0 spiro atoms. The Labute approximate surface area is 151 Å². The minimum Gasteiger partial charge on any atom is -0.507 e. The first-order valence-electron chi connectivity index (χ1n) is 8.03. The summed E-state index contributed by atoms with van der Waals surface area (Å²) in [4.78, 5) is 24.5. The second-order valence-electron chi connectivity index (χ2n) is 5.97. The Balaban J connectivity index is 2.17. The summed E-state index contributed by atoms with van der Waals surface area (Å²) in [5, 5.41) is 13.3. The third kappa shape index (κ3) is 3.01. The first kappa shape index (κ1) is 17.5. The van der Waals surface area contributed by atoms with Gasteiger partial charge >= 0.3 is 0 Å². The van der Waals surface area contributed by atoms with Crippen LogP contribution in [0.5, 0.6) is 11.5 Å². The Kier molecular flexibility index (Phi) is 4.67. The number of aryl methyl sites for hydroxylation is 1. The largest absolute Gasteiger partial charge is 0.507 e. The van der Waals surface area contributed by atoms with Crippen LogP contribution in [0.15, 0.2) is 48.0 Å². The van der Waals surface area contributed by atoms with Crippen molar-refractivity contribution in [3.8, 4) is 11.5 Å². The molecular weight excluding hydrogens is 334 g/mol. The molecule has 1 saturated heterocycles. The fraction of sp³-hybridized carbons (Fsp3) is 0.200. The number of hydrogen-bond donors (Lipinski definition) is 2. The van der Waals surface area contributed by atoms with E-state index in [0.717, 1.165) is 5.56 Å². The standard InChI is InChI=1S/C20H19NO5/c1-11-4-6-12(7-5-11)18(22)16-17(21-20(24)19(16)23)14-10-13(25-2)8-9-15(14)26-3/h4-10,17,22H,1-3H3,(H,21,24)/t17-/m0/s1. The Morgan fingerprint density at radius 2 is 1.73 bits per heavy atom. The highest BCUT2D eigenvalue weighted by Gasteiger charge is 2.41. The number of carbonyl (C=O) groups excluding carboxylic acids is 2. The summed E-state index contributed by atoms with van der Waals surface area (Å²) < 4.78 is 10.6. The van der Waals surface area contributed by atoms with Crippen LogP contribution >= 0.6 is 0 Å². The molecule has 0 saturated carbocycles. The zero-order valence-corrected chi connectivity index (χ0v) is 14.7. The first-order chi connectivity index (χ1) is 12.5. The molecule has 2 aromatic rings. The van der Waals surface area contributed by atoms with Gasteiger partial charge in [0, 0.05) is 11.1 Å². The molecule has 6 nitrogen and oxygen atoms in total. The number of aliphatic hydroxyl groups is 1. The van der Waals surface area contributed by atoms with Gasteiger partial charge < -0.3 is 19.9 Å². The molecule has 1 amide bonds. The van der Waals surface area contributed by atoms with Crippen LogP contribution in [0.25, 0.3) is 5.76 Å². The van der Waals surface area contributed by atoms with E-state index in [1.807, 2.05) is 19.1 Å². The maximum absolute atomic E-state index is 12.4. The average Bonchev–Trinajstić information content (AvgIpc) is 2.96. The van der Waals surface area contributed by atoms with E-state index >= 15 is 0 Å². The van der Waals surface area contributed by atoms with Crippen molar-refractivity contribution in [2.24, 2.45) is 0 Å². The molecule has 1 fully saturated rings. The van der Waals surface area contributed by atoms with Gasteiger partial charge in [-0.1, -0.05) is 29.8 Å². The molecule has 1 aliphatic heterocycles. The number of methoxy groups -OCH3 is 2. The quantitative estimate of drug-likeness (QED) is 0.502. The lowest BCUT2D eigenvalue weighted by Crippen LogP contribution is -2.21. The van der Waals surface area contributed by atoms with Crippen molar-refractivity contribution >= 4 is 17.4 Å². The van der Waals surface area contributed by atoms with Gasteiger partial charge in [0.15, 0.2) is 0 Å². The van der Waals surface area contributed by atoms with Gasteiger partial charge in [0.2, 0.25) is 0 Å². The van der Waals surface area contributed by atoms with Crippen LogP contribution in [-0.2, 0) is 9.59 Å². The average molecular weight is 353 g/mol. The summed E-state index contributed by atoms with van der Waals surface area (Å²) in [6.07, 6.45) is 0. The van der Waals surface area contributed by atoms with E-state index in [1.165, 1.54) is 14.2 Å². The minimum atomic E-state index is -0.832. The van der Waals surface area contributed by atoms with Crippen molar-refractivity contribution < 1.29 is 24.2 Å².